The molecule has 5 nitrogen and oxygen atoms in total. The molecule has 22 heavy (non-hydrogen) atoms. The summed E-state index contributed by atoms with van der Waals surface area (Å²) >= 11 is 1.68. The number of nitrogens with zero attached hydrogens (tertiary/aromatic N) is 2. The monoisotopic (exact) mass is 307 g/mol. The lowest BCUT2D eigenvalue weighted by atomic mass is 10.00. The maximum atomic E-state index is 6.00. The third-order valence-corrected chi connectivity index (χ3v) is 4.51. The minimum absolute atomic E-state index is 0.496. The van der Waals surface area contributed by atoms with Crippen molar-refractivity contribution in [2.24, 2.45) is 0 Å². The lowest BCUT2D eigenvalue weighted by Crippen LogP contribution is -1.90. The molecule has 0 saturated heterocycles. The molecule has 0 radical (unpaired) electrons. The molecule has 4 aromatic rings. The Morgan fingerprint density at radius 3 is 2.73 bits per heavy atom. The first-order valence-corrected chi connectivity index (χ1v) is 7.64. The Hall–Kier alpha value is -2.86. The van der Waals surface area contributed by atoms with Crippen LogP contribution < -0.4 is 11.5 Å². The summed E-state index contributed by atoms with van der Waals surface area (Å²) in [7, 11) is 0. The van der Waals surface area contributed by atoms with Gasteiger partial charge >= 0.3 is 0 Å². The molecule has 108 valence electrons. The molecule has 5 N–H and O–H groups in total. The van der Waals surface area contributed by atoms with Gasteiger partial charge in [0.2, 0.25) is 0 Å². The van der Waals surface area contributed by atoms with Crippen molar-refractivity contribution in [2.45, 2.75) is 0 Å². The highest BCUT2D eigenvalue weighted by atomic mass is 32.1. The summed E-state index contributed by atoms with van der Waals surface area (Å²) in [5.41, 5.74) is 15.9. The van der Waals surface area contributed by atoms with Crippen molar-refractivity contribution < 1.29 is 0 Å². The Labute approximate surface area is 130 Å². The maximum absolute atomic E-state index is 6.00. The van der Waals surface area contributed by atoms with Gasteiger partial charge < -0.3 is 11.5 Å². The van der Waals surface area contributed by atoms with Crippen LogP contribution in [0.2, 0.25) is 0 Å². The van der Waals surface area contributed by atoms with E-state index in [-0.39, 0.29) is 0 Å². The van der Waals surface area contributed by atoms with Crippen molar-refractivity contribution in [3.8, 4) is 21.6 Å². The fourth-order valence-electron chi connectivity index (χ4n) is 2.56. The highest BCUT2D eigenvalue weighted by Gasteiger charge is 2.13. The SMILES string of the molecule is Nc1cc(-c2cc(-c3cccs3)c3[nH]nc(N)c3c2)ccn1. The van der Waals surface area contributed by atoms with E-state index in [0.29, 0.717) is 11.6 Å². The molecule has 0 spiro atoms. The van der Waals surface area contributed by atoms with Gasteiger partial charge in [-0.05, 0) is 46.8 Å². The molecule has 0 saturated carbocycles. The molecule has 4 rings (SSSR count). The first kappa shape index (κ1) is 12.8. The first-order chi connectivity index (χ1) is 10.7. The molecule has 0 unspecified atom stereocenters. The van der Waals surface area contributed by atoms with E-state index >= 15 is 0 Å². The lowest BCUT2D eigenvalue weighted by molar-refractivity contribution is 1.13. The number of aromatic nitrogens is 3. The summed E-state index contributed by atoms with van der Waals surface area (Å²) in [6, 6.07) is 12.1. The predicted octanol–water partition coefficient (Wildman–Crippen LogP) is 3.52. The van der Waals surface area contributed by atoms with E-state index in [9.17, 15) is 0 Å². The molecule has 6 heteroatoms. The third-order valence-electron chi connectivity index (χ3n) is 3.60. The largest absolute Gasteiger partial charge is 0.384 e. The number of rotatable bonds is 2. The average molecular weight is 307 g/mol. The molecule has 0 aliphatic heterocycles. The van der Waals surface area contributed by atoms with Crippen LogP contribution >= 0.6 is 11.3 Å². The number of fused-ring (bicyclic) bond motifs is 1. The zero-order valence-electron chi connectivity index (χ0n) is 11.6. The smallest absolute Gasteiger partial charge is 0.153 e. The van der Waals surface area contributed by atoms with E-state index in [1.54, 1.807) is 17.5 Å². The van der Waals surface area contributed by atoms with Gasteiger partial charge in [-0.15, -0.1) is 11.3 Å². The zero-order chi connectivity index (χ0) is 15.1. The molecule has 0 atom stereocenters. The predicted molar refractivity (Wildman–Crippen MR) is 91.5 cm³/mol. The molecule has 3 heterocycles. The Kier molecular flexibility index (Phi) is 2.83. The van der Waals surface area contributed by atoms with Crippen LogP contribution in [0.5, 0.6) is 0 Å². The van der Waals surface area contributed by atoms with Crippen LogP contribution in [0.25, 0.3) is 32.5 Å². The van der Waals surface area contributed by atoms with Crippen LogP contribution in [-0.2, 0) is 0 Å². The van der Waals surface area contributed by atoms with E-state index < -0.39 is 0 Å². The summed E-state index contributed by atoms with van der Waals surface area (Å²) in [4.78, 5) is 5.21. The summed E-state index contributed by atoms with van der Waals surface area (Å²) in [6.45, 7) is 0. The van der Waals surface area contributed by atoms with Crippen LogP contribution in [0.1, 0.15) is 0 Å². The average Bonchev–Trinajstić information content (AvgIpc) is 3.17. The van der Waals surface area contributed by atoms with Crippen molar-refractivity contribution in [1.29, 1.82) is 0 Å². The fourth-order valence-corrected chi connectivity index (χ4v) is 3.31. The number of hydrogen-bond acceptors (Lipinski definition) is 5. The van der Waals surface area contributed by atoms with Gasteiger partial charge in [0.05, 0.1) is 5.52 Å². The molecule has 3 aromatic heterocycles. The molecule has 0 aliphatic rings. The van der Waals surface area contributed by atoms with E-state index in [0.717, 1.165) is 32.5 Å². The number of pyridine rings is 1. The summed E-state index contributed by atoms with van der Waals surface area (Å²) in [5, 5.41) is 10.1. The van der Waals surface area contributed by atoms with Crippen molar-refractivity contribution in [1.82, 2.24) is 15.2 Å². The van der Waals surface area contributed by atoms with E-state index in [1.807, 2.05) is 24.3 Å². The highest BCUT2D eigenvalue weighted by Crippen LogP contribution is 2.37. The first-order valence-electron chi connectivity index (χ1n) is 6.76. The van der Waals surface area contributed by atoms with Gasteiger partial charge in [0.25, 0.3) is 0 Å². The minimum atomic E-state index is 0.496. The third kappa shape index (κ3) is 2.01. The molecule has 0 fully saturated rings. The van der Waals surface area contributed by atoms with Crippen LogP contribution in [0.3, 0.4) is 0 Å². The summed E-state index contributed by atoms with van der Waals surface area (Å²) in [5.74, 6) is 0.993. The molecule has 0 aliphatic carbocycles. The highest BCUT2D eigenvalue weighted by molar-refractivity contribution is 7.13. The van der Waals surface area contributed by atoms with Gasteiger partial charge in [-0.2, -0.15) is 5.10 Å². The standard InChI is InChI=1S/C16H13N5S/c17-14-8-9(3-4-19-14)10-6-11(13-2-1-5-22-13)15-12(7-10)16(18)21-20-15/h1-8H,(H2,17,19)(H3,18,20,21). The number of nitrogens with one attached hydrogen (secondary N) is 1. The van der Waals surface area contributed by atoms with Gasteiger partial charge in [0.1, 0.15) is 5.82 Å². The summed E-state index contributed by atoms with van der Waals surface area (Å²) in [6.07, 6.45) is 1.71. The lowest BCUT2D eigenvalue weighted by Gasteiger charge is -2.07. The fraction of sp³-hybridized carbons (Fsp3) is 0. The normalized spacial score (nSPS) is 11.1. The second kappa shape index (κ2) is 4.85. The number of nitrogen functional groups attached to an aromatic ring is 2. The zero-order valence-corrected chi connectivity index (χ0v) is 12.4. The van der Waals surface area contributed by atoms with Gasteiger partial charge in [-0.25, -0.2) is 4.98 Å². The molecule has 0 bridgehead atoms. The number of benzene rings is 1. The van der Waals surface area contributed by atoms with Gasteiger partial charge in [0, 0.05) is 22.0 Å². The van der Waals surface area contributed by atoms with Crippen molar-refractivity contribution >= 4 is 33.9 Å². The van der Waals surface area contributed by atoms with E-state index in [1.165, 1.54) is 0 Å². The number of H-pyrrole nitrogens is 1. The topological polar surface area (TPSA) is 93.6 Å². The second-order valence-corrected chi connectivity index (χ2v) is 5.95. The van der Waals surface area contributed by atoms with Crippen LogP contribution in [-0.4, -0.2) is 15.2 Å². The number of aromatic amines is 1. The van der Waals surface area contributed by atoms with Gasteiger partial charge in [-0.1, -0.05) is 6.07 Å². The van der Waals surface area contributed by atoms with Crippen LogP contribution in [0.15, 0.2) is 48.0 Å². The Morgan fingerprint density at radius 2 is 1.95 bits per heavy atom. The number of thiophene rings is 1. The number of anilines is 2. The maximum Gasteiger partial charge on any atom is 0.153 e. The van der Waals surface area contributed by atoms with Crippen molar-refractivity contribution in [3.05, 3.63) is 48.0 Å². The Bertz CT molecular complexity index is 956. The van der Waals surface area contributed by atoms with Crippen molar-refractivity contribution in [3.63, 3.8) is 0 Å². The molecule has 0 amide bonds. The number of nitrogens with two attached hydrogens (primary N) is 2. The van der Waals surface area contributed by atoms with Crippen LogP contribution in [0, 0.1) is 0 Å². The quantitative estimate of drug-likeness (QED) is 0.528. The van der Waals surface area contributed by atoms with Crippen LogP contribution in [0.4, 0.5) is 11.6 Å². The van der Waals surface area contributed by atoms with E-state index in [2.05, 4.69) is 32.7 Å². The van der Waals surface area contributed by atoms with E-state index in [4.69, 9.17) is 11.5 Å². The Morgan fingerprint density at radius 1 is 1.05 bits per heavy atom. The summed E-state index contributed by atoms with van der Waals surface area (Å²) < 4.78 is 0. The second-order valence-electron chi connectivity index (χ2n) is 5.00. The number of hydrogen-bond donors (Lipinski definition) is 3. The molecular formula is C16H13N5S. The van der Waals surface area contributed by atoms with Crippen molar-refractivity contribution in [2.75, 3.05) is 11.5 Å². The molecular weight excluding hydrogens is 294 g/mol. The van der Waals surface area contributed by atoms with Gasteiger partial charge in [0.15, 0.2) is 5.82 Å². The molecule has 1 aromatic carbocycles. The van der Waals surface area contributed by atoms with Gasteiger partial charge in [-0.3, -0.25) is 5.10 Å². The minimum Gasteiger partial charge on any atom is -0.384 e. The Balaban J connectivity index is 2.03.